The third-order valence-electron chi connectivity index (χ3n) is 2.97. The van der Waals surface area contributed by atoms with Crippen LogP contribution in [0, 0.1) is 17.2 Å². The normalized spacial score (nSPS) is 14.6. The SMILES string of the molecule is CCCC(CCNS(=O)(=O)C(C)C#N)CCC(=O)O. The van der Waals surface area contributed by atoms with Gasteiger partial charge in [-0.2, -0.15) is 5.26 Å². The van der Waals surface area contributed by atoms with Crippen molar-refractivity contribution in [2.24, 2.45) is 5.92 Å². The number of aliphatic carboxylic acids is 1. The van der Waals surface area contributed by atoms with E-state index in [9.17, 15) is 13.2 Å². The summed E-state index contributed by atoms with van der Waals surface area (Å²) in [6.07, 6.45) is 3.07. The number of hydrogen-bond acceptors (Lipinski definition) is 4. The van der Waals surface area contributed by atoms with Crippen molar-refractivity contribution < 1.29 is 18.3 Å². The number of carboxylic acids is 1. The smallest absolute Gasteiger partial charge is 0.303 e. The van der Waals surface area contributed by atoms with Crippen LogP contribution >= 0.6 is 0 Å². The summed E-state index contributed by atoms with van der Waals surface area (Å²) in [6.45, 7) is 3.59. The van der Waals surface area contributed by atoms with Gasteiger partial charge in [0.05, 0.1) is 6.07 Å². The number of nitriles is 1. The predicted octanol–water partition coefficient (Wildman–Crippen LogP) is 1.49. The summed E-state index contributed by atoms with van der Waals surface area (Å²) < 4.78 is 25.5. The molecule has 2 unspecified atom stereocenters. The number of hydrogen-bond donors (Lipinski definition) is 2. The Hall–Kier alpha value is -1.13. The molecule has 0 radical (unpaired) electrons. The van der Waals surface area contributed by atoms with Crippen molar-refractivity contribution in [2.75, 3.05) is 6.54 Å². The zero-order valence-electron chi connectivity index (χ0n) is 11.4. The van der Waals surface area contributed by atoms with Crippen molar-refractivity contribution in [1.29, 1.82) is 5.26 Å². The molecule has 0 amide bonds. The van der Waals surface area contributed by atoms with E-state index >= 15 is 0 Å². The minimum Gasteiger partial charge on any atom is -0.481 e. The number of carboxylic acid groups (broad SMARTS) is 1. The van der Waals surface area contributed by atoms with Gasteiger partial charge in [-0.1, -0.05) is 19.8 Å². The average Bonchev–Trinajstić information content (AvgIpc) is 2.34. The number of carbonyl (C=O) groups is 1. The highest BCUT2D eigenvalue weighted by molar-refractivity contribution is 7.90. The third kappa shape index (κ3) is 7.80. The highest BCUT2D eigenvalue weighted by atomic mass is 32.2. The molecule has 0 heterocycles. The lowest BCUT2D eigenvalue weighted by atomic mass is 9.95. The first kappa shape index (κ1) is 17.9. The molecular weight excluding hydrogens is 268 g/mol. The van der Waals surface area contributed by atoms with Crippen LogP contribution in [0.4, 0.5) is 0 Å². The largest absolute Gasteiger partial charge is 0.481 e. The molecule has 0 rings (SSSR count). The molecule has 0 saturated carbocycles. The molecule has 0 fully saturated rings. The summed E-state index contributed by atoms with van der Waals surface area (Å²) in [6, 6.07) is 1.68. The van der Waals surface area contributed by atoms with Crippen LogP contribution in [0.15, 0.2) is 0 Å². The van der Waals surface area contributed by atoms with Crippen molar-refractivity contribution in [3.8, 4) is 6.07 Å². The van der Waals surface area contributed by atoms with Crippen molar-refractivity contribution in [2.45, 2.75) is 51.2 Å². The van der Waals surface area contributed by atoms with Gasteiger partial charge in [0.2, 0.25) is 10.0 Å². The number of sulfonamides is 1. The van der Waals surface area contributed by atoms with E-state index < -0.39 is 21.2 Å². The van der Waals surface area contributed by atoms with Crippen molar-refractivity contribution >= 4 is 16.0 Å². The number of rotatable bonds is 10. The van der Waals surface area contributed by atoms with E-state index in [1.165, 1.54) is 6.92 Å². The van der Waals surface area contributed by atoms with Crippen LogP contribution in [-0.2, 0) is 14.8 Å². The van der Waals surface area contributed by atoms with Gasteiger partial charge in [-0.05, 0) is 25.7 Å². The van der Waals surface area contributed by atoms with Gasteiger partial charge >= 0.3 is 5.97 Å². The van der Waals surface area contributed by atoms with E-state index in [4.69, 9.17) is 10.4 Å². The maximum absolute atomic E-state index is 11.5. The molecule has 0 aliphatic heterocycles. The molecule has 0 aromatic rings. The third-order valence-corrected chi connectivity index (χ3v) is 4.61. The predicted molar refractivity (Wildman–Crippen MR) is 71.9 cm³/mol. The molecule has 2 atom stereocenters. The van der Waals surface area contributed by atoms with E-state index in [-0.39, 0.29) is 18.9 Å². The van der Waals surface area contributed by atoms with Crippen LogP contribution in [-0.4, -0.2) is 31.3 Å². The van der Waals surface area contributed by atoms with Crippen molar-refractivity contribution in [3.63, 3.8) is 0 Å². The van der Waals surface area contributed by atoms with Gasteiger partial charge in [0.15, 0.2) is 5.25 Å². The van der Waals surface area contributed by atoms with Crippen LogP contribution in [0.3, 0.4) is 0 Å². The first-order valence-electron chi connectivity index (χ1n) is 6.43. The van der Waals surface area contributed by atoms with Gasteiger partial charge < -0.3 is 5.11 Å². The molecular formula is C12H22N2O4S. The van der Waals surface area contributed by atoms with Gasteiger partial charge in [-0.3, -0.25) is 4.79 Å². The number of nitrogens with zero attached hydrogens (tertiary/aromatic N) is 1. The molecule has 0 bridgehead atoms. The molecule has 2 N–H and O–H groups in total. The topological polar surface area (TPSA) is 107 Å². The van der Waals surface area contributed by atoms with Crippen LogP contribution in [0.5, 0.6) is 0 Å². The summed E-state index contributed by atoms with van der Waals surface area (Å²) in [5, 5.41) is 16.1. The quantitative estimate of drug-likeness (QED) is 0.633. The summed E-state index contributed by atoms with van der Waals surface area (Å²) in [5.74, 6) is -0.638. The molecule has 0 saturated heterocycles. The summed E-state index contributed by atoms with van der Waals surface area (Å²) in [7, 11) is -3.58. The Kier molecular flexibility index (Phi) is 8.35. The van der Waals surface area contributed by atoms with E-state index in [0.717, 1.165) is 12.8 Å². The van der Waals surface area contributed by atoms with E-state index in [0.29, 0.717) is 12.8 Å². The molecule has 0 aliphatic rings. The molecule has 6 nitrogen and oxygen atoms in total. The fraction of sp³-hybridized carbons (Fsp3) is 0.833. The van der Waals surface area contributed by atoms with Gasteiger partial charge in [-0.15, -0.1) is 0 Å². The first-order valence-corrected chi connectivity index (χ1v) is 7.98. The van der Waals surface area contributed by atoms with Crippen molar-refractivity contribution in [1.82, 2.24) is 4.72 Å². The van der Waals surface area contributed by atoms with Crippen LogP contribution in [0.1, 0.15) is 46.0 Å². The molecule has 19 heavy (non-hydrogen) atoms. The fourth-order valence-corrected chi connectivity index (χ4v) is 2.56. The van der Waals surface area contributed by atoms with Gasteiger partial charge in [0, 0.05) is 13.0 Å². The molecule has 7 heteroatoms. The summed E-state index contributed by atoms with van der Waals surface area (Å²) >= 11 is 0. The Balaban J connectivity index is 4.19. The van der Waals surface area contributed by atoms with Crippen LogP contribution in [0.2, 0.25) is 0 Å². The monoisotopic (exact) mass is 290 g/mol. The molecule has 110 valence electrons. The fourth-order valence-electron chi connectivity index (χ4n) is 1.77. The zero-order valence-corrected chi connectivity index (χ0v) is 12.2. The van der Waals surface area contributed by atoms with Crippen LogP contribution in [0.25, 0.3) is 0 Å². The van der Waals surface area contributed by atoms with Crippen LogP contribution < -0.4 is 4.72 Å². The Morgan fingerprint density at radius 1 is 1.37 bits per heavy atom. The molecule has 0 aromatic carbocycles. The van der Waals surface area contributed by atoms with Gasteiger partial charge in [0.1, 0.15) is 0 Å². The minimum atomic E-state index is -3.58. The lowest BCUT2D eigenvalue weighted by molar-refractivity contribution is -0.137. The second-order valence-electron chi connectivity index (χ2n) is 4.59. The zero-order chi connectivity index (χ0) is 14.9. The second-order valence-corrected chi connectivity index (χ2v) is 6.67. The maximum atomic E-state index is 11.5. The Morgan fingerprint density at radius 2 is 2.00 bits per heavy atom. The van der Waals surface area contributed by atoms with E-state index in [1.54, 1.807) is 6.07 Å². The Morgan fingerprint density at radius 3 is 2.47 bits per heavy atom. The minimum absolute atomic E-state index is 0.103. The molecule has 0 aliphatic carbocycles. The standard InChI is InChI=1S/C12H22N2O4S/c1-3-4-11(5-6-12(15)16)7-8-14-19(17,18)10(2)9-13/h10-11,14H,3-8H2,1-2H3,(H,15,16). The highest BCUT2D eigenvalue weighted by Crippen LogP contribution is 2.17. The average molecular weight is 290 g/mol. The van der Waals surface area contributed by atoms with Gasteiger partial charge in [0.25, 0.3) is 0 Å². The van der Waals surface area contributed by atoms with E-state index in [1.807, 2.05) is 6.92 Å². The lowest BCUT2D eigenvalue weighted by Gasteiger charge is -2.15. The molecule has 0 aromatic heterocycles. The Labute approximate surface area is 114 Å². The number of nitrogens with one attached hydrogen (secondary N) is 1. The highest BCUT2D eigenvalue weighted by Gasteiger charge is 2.20. The lowest BCUT2D eigenvalue weighted by Crippen LogP contribution is -2.33. The first-order chi connectivity index (χ1) is 8.83. The maximum Gasteiger partial charge on any atom is 0.303 e. The molecule has 0 spiro atoms. The second kappa shape index (κ2) is 8.88. The Bertz CT molecular complexity index is 414. The van der Waals surface area contributed by atoms with Gasteiger partial charge in [-0.25, -0.2) is 13.1 Å². The summed E-state index contributed by atoms with van der Waals surface area (Å²) in [4.78, 5) is 10.5. The summed E-state index contributed by atoms with van der Waals surface area (Å²) in [5.41, 5.74) is 0. The van der Waals surface area contributed by atoms with Crippen molar-refractivity contribution in [3.05, 3.63) is 0 Å². The van der Waals surface area contributed by atoms with E-state index in [2.05, 4.69) is 4.72 Å².